The summed E-state index contributed by atoms with van der Waals surface area (Å²) in [6.45, 7) is 3.60. The Balaban J connectivity index is 2.08. The van der Waals surface area contributed by atoms with E-state index in [-0.39, 0.29) is 0 Å². The van der Waals surface area contributed by atoms with Crippen molar-refractivity contribution in [1.82, 2.24) is 10.6 Å². The number of hydrogen-bond donors (Lipinski definition) is 2. The fourth-order valence-corrected chi connectivity index (χ4v) is 1.41. The molecule has 1 atom stereocenters. The van der Waals surface area contributed by atoms with Gasteiger partial charge in [0.05, 0.1) is 19.9 Å². The Morgan fingerprint density at radius 3 is 3.50 bits per heavy atom. The summed E-state index contributed by atoms with van der Waals surface area (Å²) in [5.74, 6) is 0.572. The molecule has 2 rings (SSSR count). The maximum absolute atomic E-state index is 5.28. The van der Waals surface area contributed by atoms with Crippen LogP contribution in [0.3, 0.4) is 0 Å². The highest BCUT2D eigenvalue weighted by Crippen LogP contribution is 2.14. The zero-order valence-electron chi connectivity index (χ0n) is 5.89. The lowest BCUT2D eigenvalue weighted by atomic mass is 10.0. The summed E-state index contributed by atoms with van der Waals surface area (Å²) in [7, 11) is 0. The van der Waals surface area contributed by atoms with E-state index < -0.39 is 0 Å². The molecule has 10 heavy (non-hydrogen) atoms. The molecule has 1 unspecified atom stereocenters. The molecule has 0 bridgehead atoms. The molecule has 0 aliphatic carbocycles. The van der Waals surface area contributed by atoms with Crippen molar-refractivity contribution < 1.29 is 4.74 Å². The predicted molar refractivity (Wildman–Crippen MR) is 38.4 cm³/mol. The highest BCUT2D eigenvalue weighted by Gasteiger charge is 2.20. The Morgan fingerprint density at radius 2 is 2.60 bits per heavy atom. The molecule has 3 nitrogen and oxygen atoms in total. The van der Waals surface area contributed by atoms with Crippen LogP contribution in [0.4, 0.5) is 0 Å². The third-order valence-electron chi connectivity index (χ3n) is 1.99. The molecule has 2 aliphatic heterocycles. The zero-order chi connectivity index (χ0) is 6.81. The first-order chi connectivity index (χ1) is 4.97. The summed E-state index contributed by atoms with van der Waals surface area (Å²) in [5.41, 5.74) is 1.37. The van der Waals surface area contributed by atoms with Gasteiger partial charge in [0.25, 0.3) is 0 Å². The third kappa shape index (κ3) is 1.02. The molecule has 56 valence electrons. The highest BCUT2D eigenvalue weighted by molar-refractivity contribution is 5.09. The summed E-state index contributed by atoms with van der Waals surface area (Å²) in [4.78, 5) is 0. The van der Waals surface area contributed by atoms with Crippen molar-refractivity contribution in [3.63, 3.8) is 0 Å². The molecule has 1 fully saturated rings. The van der Waals surface area contributed by atoms with Crippen molar-refractivity contribution in [3.05, 3.63) is 11.8 Å². The van der Waals surface area contributed by atoms with Crippen molar-refractivity contribution in [2.75, 3.05) is 26.4 Å². The van der Waals surface area contributed by atoms with Gasteiger partial charge in [0.1, 0.15) is 0 Å². The summed E-state index contributed by atoms with van der Waals surface area (Å²) >= 11 is 0. The van der Waals surface area contributed by atoms with Crippen LogP contribution in [0.25, 0.3) is 0 Å². The second kappa shape index (κ2) is 2.60. The minimum Gasteiger partial charge on any atom is -0.377 e. The Morgan fingerprint density at radius 1 is 1.60 bits per heavy atom. The van der Waals surface area contributed by atoms with Crippen molar-refractivity contribution in [2.45, 2.75) is 0 Å². The number of rotatable bonds is 0. The number of fused-ring (bicyclic) bond motifs is 1. The second-order valence-electron chi connectivity index (χ2n) is 2.70. The van der Waals surface area contributed by atoms with Gasteiger partial charge in [0.2, 0.25) is 0 Å². The maximum atomic E-state index is 5.28. The lowest BCUT2D eigenvalue weighted by Gasteiger charge is -2.30. The standard InChI is InChI=1S/C7H12N2O/c1-2-10-4-6-3-8-5-9-7(1)6/h1,6,8-9H,2-5H2. The van der Waals surface area contributed by atoms with Crippen LogP contribution in [0, 0.1) is 5.92 Å². The van der Waals surface area contributed by atoms with E-state index in [1.165, 1.54) is 5.70 Å². The SMILES string of the molecule is C1=C2NCNCC2COC1. The molecule has 0 aromatic rings. The molecule has 0 amide bonds. The molecule has 2 N–H and O–H groups in total. The first-order valence-corrected chi connectivity index (χ1v) is 3.69. The predicted octanol–water partition coefficient (Wildman–Crippen LogP) is -0.333. The van der Waals surface area contributed by atoms with Crippen molar-refractivity contribution >= 4 is 0 Å². The van der Waals surface area contributed by atoms with Crippen molar-refractivity contribution in [1.29, 1.82) is 0 Å². The fourth-order valence-electron chi connectivity index (χ4n) is 1.41. The van der Waals surface area contributed by atoms with Crippen LogP contribution in [0.5, 0.6) is 0 Å². The average molecular weight is 140 g/mol. The van der Waals surface area contributed by atoms with Gasteiger partial charge in [0.15, 0.2) is 0 Å². The molecular formula is C7H12N2O. The number of ether oxygens (including phenoxy) is 1. The molecule has 0 aromatic carbocycles. The van der Waals surface area contributed by atoms with Crippen LogP contribution in [-0.2, 0) is 4.74 Å². The fraction of sp³-hybridized carbons (Fsp3) is 0.714. The van der Waals surface area contributed by atoms with Gasteiger partial charge in [0, 0.05) is 18.2 Å². The van der Waals surface area contributed by atoms with Crippen molar-refractivity contribution in [3.8, 4) is 0 Å². The monoisotopic (exact) mass is 140 g/mol. The van der Waals surface area contributed by atoms with Gasteiger partial charge in [-0.3, -0.25) is 5.32 Å². The largest absolute Gasteiger partial charge is 0.377 e. The zero-order valence-corrected chi connectivity index (χ0v) is 5.89. The van der Waals surface area contributed by atoms with Gasteiger partial charge in [-0.15, -0.1) is 0 Å². The van der Waals surface area contributed by atoms with Gasteiger partial charge in [-0.2, -0.15) is 0 Å². The quantitative estimate of drug-likeness (QED) is 0.483. The van der Waals surface area contributed by atoms with Gasteiger partial charge in [-0.05, 0) is 6.08 Å². The lowest BCUT2D eigenvalue weighted by Crippen LogP contribution is -2.45. The van der Waals surface area contributed by atoms with Crippen LogP contribution >= 0.6 is 0 Å². The molecule has 2 heterocycles. The van der Waals surface area contributed by atoms with Crippen LogP contribution in [0.15, 0.2) is 11.8 Å². The van der Waals surface area contributed by atoms with E-state index in [4.69, 9.17) is 4.74 Å². The maximum Gasteiger partial charge on any atom is 0.0667 e. The van der Waals surface area contributed by atoms with Gasteiger partial charge >= 0.3 is 0 Å². The van der Waals surface area contributed by atoms with Gasteiger partial charge in [-0.1, -0.05) is 0 Å². The Labute approximate surface area is 60.4 Å². The first-order valence-electron chi connectivity index (χ1n) is 3.69. The second-order valence-corrected chi connectivity index (χ2v) is 2.70. The molecule has 2 aliphatic rings. The van der Waals surface area contributed by atoms with E-state index >= 15 is 0 Å². The van der Waals surface area contributed by atoms with E-state index in [2.05, 4.69) is 16.7 Å². The summed E-state index contributed by atoms with van der Waals surface area (Å²) in [5, 5.41) is 6.54. The van der Waals surface area contributed by atoms with E-state index in [0.717, 1.165) is 26.4 Å². The minimum absolute atomic E-state index is 0.572. The molecule has 1 saturated heterocycles. The molecule has 0 radical (unpaired) electrons. The number of nitrogens with one attached hydrogen (secondary N) is 2. The van der Waals surface area contributed by atoms with Crippen LogP contribution in [-0.4, -0.2) is 26.4 Å². The van der Waals surface area contributed by atoms with E-state index in [9.17, 15) is 0 Å². The molecular weight excluding hydrogens is 128 g/mol. The van der Waals surface area contributed by atoms with Gasteiger partial charge in [-0.25, -0.2) is 0 Å². The Hall–Kier alpha value is -0.540. The molecule has 0 saturated carbocycles. The van der Waals surface area contributed by atoms with Crippen molar-refractivity contribution in [2.24, 2.45) is 5.92 Å². The van der Waals surface area contributed by atoms with E-state index in [0.29, 0.717) is 5.92 Å². The third-order valence-corrected chi connectivity index (χ3v) is 1.99. The smallest absolute Gasteiger partial charge is 0.0667 e. The normalized spacial score (nSPS) is 32.0. The Kier molecular flexibility index (Phi) is 1.61. The molecule has 0 spiro atoms. The molecule has 0 aromatic heterocycles. The summed E-state index contributed by atoms with van der Waals surface area (Å²) in [6.07, 6.45) is 2.13. The van der Waals surface area contributed by atoms with Crippen LogP contribution in [0.1, 0.15) is 0 Å². The minimum atomic E-state index is 0.572. The van der Waals surface area contributed by atoms with E-state index in [1.54, 1.807) is 0 Å². The van der Waals surface area contributed by atoms with Crippen LogP contribution in [0.2, 0.25) is 0 Å². The topological polar surface area (TPSA) is 33.3 Å². The van der Waals surface area contributed by atoms with E-state index in [1.807, 2.05) is 0 Å². The first kappa shape index (κ1) is 6.19. The number of hydrogen-bond acceptors (Lipinski definition) is 3. The summed E-state index contributed by atoms with van der Waals surface area (Å²) < 4.78 is 5.28. The Bertz CT molecular complexity index is 156. The average Bonchev–Trinajstić information content (AvgIpc) is 2.05. The summed E-state index contributed by atoms with van der Waals surface area (Å²) in [6, 6.07) is 0. The van der Waals surface area contributed by atoms with Crippen LogP contribution < -0.4 is 10.6 Å². The highest BCUT2D eigenvalue weighted by atomic mass is 16.5. The van der Waals surface area contributed by atoms with Gasteiger partial charge < -0.3 is 10.1 Å². The molecule has 3 heteroatoms. The lowest BCUT2D eigenvalue weighted by molar-refractivity contribution is 0.109.